The summed E-state index contributed by atoms with van der Waals surface area (Å²) in [5, 5.41) is 2.32. The van der Waals surface area contributed by atoms with Gasteiger partial charge in [0.1, 0.15) is 0 Å². The molecule has 0 heterocycles. The molecule has 0 atom stereocenters. The highest BCUT2D eigenvalue weighted by atomic mass is 79.9. The van der Waals surface area contributed by atoms with Gasteiger partial charge in [-0.15, -0.1) is 0 Å². The third kappa shape index (κ3) is 3.47. The molecule has 1 N–H and O–H groups in total. The van der Waals surface area contributed by atoms with Gasteiger partial charge in [0, 0.05) is 15.7 Å². The topological polar surface area (TPSA) is 29.1 Å². The van der Waals surface area contributed by atoms with Crippen molar-refractivity contribution in [3.05, 3.63) is 62.3 Å². The van der Waals surface area contributed by atoms with Gasteiger partial charge in [-0.3, -0.25) is 4.79 Å². The summed E-state index contributed by atoms with van der Waals surface area (Å²) in [7, 11) is 0. The van der Waals surface area contributed by atoms with E-state index < -0.39 is 5.82 Å². The maximum absolute atomic E-state index is 13.2. The van der Waals surface area contributed by atoms with Crippen molar-refractivity contribution in [3.63, 3.8) is 0 Å². The molecule has 0 saturated carbocycles. The second kappa shape index (κ2) is 5.90. The monoisotopic (exact) mass is 361 g/mol. The molecule has 0 aromatic heterocycles. The Kier molecular flexibility index (Phi) is 4.45. The molecule has 2 aromatic rings. The van der Waals surface area contributed by atoms with E-state index in [1.165, 1.54) is 12.1 Å². The van der Waals surface area contributed by atoms with E-state index in [4.69, 9.17) is 23.2 Å². The molecular weight excluding hydrogens is 356 g/mol. The van der Waals surface area contributed by atoms with E-state index in [0.29, 0.717) is 11.3 Å². The van der Waals surface area contributed by atoms with Crippen molar-refractivity contribution in [2.45, 2.75) is 0 Å². The molecule has 2 rings (SSSR count). The molecule has 2 nitrogen and oxygen atoms in total. The van der Waals surface area contributed by atoms with Crippen LogP contribution >= 0.6 is 39.1 Å². The summed E-state index contributed by atoms with van der Waals surface area (Å²) in [6.07, 6.45) is 0. The Morgan fingerprint density at radius 1 is 1.16 bits per heavy atom. The molecule has 0 unspecified atom stereocenters. The zero-order chi connectivity index (χ0) is 14.0. The average Bonchev–Trinajstić information content (AvgIpc) is 2.36. The number of halogens is 4. The first kappa shape index (κ1) is 14.3. The average molecular weight is 363 g/mol. The quantitative estimate of drug-likeness (QED) is 0.735. The van der Waals surface area contributed by atoms with Crippen molar-refractivity contribution in [2.75, 3.05) is 5.32 Å². The van der Waals surface area contributed by atoms with E-state index in [1.54, 1.807) is 18.2 Å². The third-order valence-corrected chi connectivity index (χ3v) is 3.37. The summed E-state index contributed by atoms with van der Waals surface area (Å²) in [6, 6.07) is 9.48. The Labute approximate surface area is 127 Å². The molecule has 0 spiro atoms. The first-order chi connectivity index (χ1) is 8.97. The maximum Gasteiger partial charge on any atom is 0.255 e. The van der Waals surface area contributed by atoms with Crippen molar-refractivity contribution in [2.24, 2.45) is 0 Å². The Morgan fingerprint density at radius 3 is 2.37 bits per heavy atom. The molecule has 0 saturated heterocycles. The van der Waals surface area contributed by atoms with Crippen molar-refractivity contribution in [1.82, 2.24) is 0 Å². The zero-order valence-corrected chi connectivity index (χ0v) is 12.5. The Hall–Kier alpha value is -1.10. The summed E-state index contributed by atoms with van der Waals surface area (Å²) in [5.41, 5.74) is 0.798. The number of carbonyl (C=O) groups excluding carboxylic acids is 1. The predicted octanol–water partition coefficient (Wildman–Crippen LogP) is 5.15. The van der Waals surface area contributed by atoms with Gasteiger partial charge in [-0.1, -0.05) is 45.2 Å². The van der Waals surface area contributed by atoms with Crippen molar-refractivity contribution >= 4 is 50.7 Å². The first-order valence-electron chi connectivity index (χ1n) is 5.19. The van der Waals surface area contributed by atoms with Gasteiger partial charge in [-0.05, 0) is 30.3 Å². The number of hydrogen-bond donors (Lipinski definition) is 1. The van der Waals surface area contributed by atoms with E-state index in [9.17, 15) is 9.18 Å². The minimum Gasteiger partial charge on any atom is -0.322 e. The standard InChI is InChI=1S/C13H7BrCl2FNO/c14-8-3-1-2-7(4-8)13(19)18-9-5-10(15)12(17)11(16)6-9/h1-6H,(H,18,19). The van der Waals surface area contributed by atoms with Crippen molar-refractivity contribution in [3.8, 4) is 0 Å². The number of carbonyl (C=O) groups is 1. The minimum absolute atomic E-state index is 0.142. The van der Waals surface area contributed by atoms with Gasteiger partial charge >= 0.3 is 0 Å². The van der Waals surface area contributed by atoms with E-state index in [0.717, 1.165) is 4.47 Å². The molecule has 0 aliphatic rings. The summed E-state index contributed by atoms with van der Waals surface area (Å²) in [4.78, 5) is 12.0. The highest BCUT2D eigenvalue weighted by Crippen LogP contribution is 2.27. The van der Waals surface area contributed by atoms with Crippen LogP contribution in [0.15, 0.2) is 40.9 Å². The second-order valence-corrected chi connectivity index (χ2v) is 5.45. The second-order valence-electron chi connectivity index (χ2n) is 3.72. The van der Waals surface area contributed by atoms with Gasteiger partial charge in [0.05, 0.1) is 10.0 Å². The number of hydrogen-bond acceptors (Lipinski definition) is 1. The molecule has 0 radical (unpaired) electrons. The molecule has 19 heavy (non-hydrogen) atoms. The maximum atomic E-state index is 13.2. The van der Waals surface area contributed by atoms with E-state index in [-0.39, 0.29) is 16.0 Å². The van der Waals surface area contributed by atoms with Crippen LogP contribution < -0.4 is 5.32 Å². The van der Waals surface area contributed by atoms with Crippen LogP contribution in [-0.4, -0.2) is 5.91 Å². The van der Waals surface area contributed by atoms with Crippen molar-refractivity contribution in [1.29, 1.82) is 0 Å². The number of benzene rings is 2. The molecule has 0 fully saturated rings. The number of rotatable bonds is 2. The number of amides is 1. The lowest BCUT2D eigenvalue weighted by Gasteiger charge is -2.07. The fraction of sp³-hybridized carbons (Fsp3) is 0. The van der Waals surface area contributed by atoms with Crippen LogP contribution in [0.5, 0.6) is 0 Å². The minimum atomic E-state index is -0.705. The van der Waals surface area contributed by atoms with Gasteiger partial charge < -0.3 is 5.32 Å². The largest absolute Gasteiger partial charge is 0.322 e. The Balaban J connectivity index is 2.24. The normalized spacial score (nSPS) is 10.3. The summed E-state index contributed by atoms with van der Waals surface area (Å²) >= 11 is 14.6. The highest BCUT2D eigenvalue weighted by Gasteiger charge is 2.11. The molecule has 2 aromatic carbocycles. The Bertz CT molecular complexity index is 625. The molecule has 0 bridgehead atoms. The van der Waals surface area contributed by atoms with E-state index in [2.05, 4.69) is 21.2 Å². The summed E-state index contributed by atoms with van der Waals surface area (Å²) in [5.74, 6) is -1.04. The lowest BCUT2D eigenvalue weighted by atomic mass is 10.2. The molecule has 1 amide bonds. The van der Waals surface area contributed by atoms with Crippen LogP contribution in [0, 0.1) is 5.82 Å². The van der Waals surface area contributed by atoms with Crippen LogP contribution in [0.3, 0.4) is 0 Å². The van der Waals surface area contributed by atoms with E-state index >= 15 is 0 Å². The number of anilines is 1. The lowest BCUT2D eigenvalue weighted by Crippen LogP contribution is -2.11. The molecule has 6 heteroatoms. The zero-order valence-electron chi connectivity index (χ0n) is 9.38. The van der Waals surface area contributed by atoms with Gasteiger partial charge in [-0.25, -0.2) is 4.39 Å². The van der Waals surface area contributed by atoms with E-state index in [1.807, 2.05) is 6.07 Å². The summed E-state index contributed by atoms with van der Waals surface area (Å²) < 4.78 is 14.0. The van der Waals surface area contributed by atoms with Crippen LogP contribution in [0.2, 0.25) is 10.0 Å². The third-order valence-electron chi connectivity index (χ3n) is 2.33. The fourth-order valence-electron chi connectivity index (χ4n) is 1.46. The first-order valence-corrected chi connectivity index (χ1v) is 6.74. The smallest absolute Gasteiger partial charge is 0.255 e. The van der Waals surface area contributed by atoms with Crippen LogP contribution in [-0.2, 0) is 0 Å². The van der Waals surface area contributed by atoms with Gasteiger partial charge in [0.25, 0.3) is 5.91 Å². The van der Waals surface area contributed by atoms with Gasteiger partial charge in [0.2, 0.25) is 0 Å². The molecule has 98 valence electrons. The molecule has 0 aliphatic carbocycles. The van der Waals surface area contributed by atoms with Crippen molar-refractivity contribution < 1.29 is 9.18 Å². The SMILES string of the molecule is O=C(Nc1cc(Cl)c(F)c(Cl)c1)c1cccc(Br)c1. The fourth-order valence-corrected chi connectivity index (χ4v) is 2.35. The summed E-state index contributed by atoms with van der Waals surface area (Å²) in [6.45, 7) is 0. The van der Waals surface area contributed by atoms with Crippen LogP contribution in [0.25, 0.3) is 0 Å². The predicted molar refractivity (Wildman–Crippen MR) is 78.5 cm³/mol. The van der Waals surface area contributed by atoms with Gasteiger partial charge in [-0.2, -0.15) is 0 Å². The lowest BCUT2D eigenvalue weighted by molar-refractivity contribution is 0.102. The van der Waals surface area contributed by atoms with Gasteiger partial charge in [0.15, 0.2) is 5.82 Å². The highest BCUT2D eigenvalue weighted by molar-refractivity contribution is 9.10. The molecule has 0 aliphatic heterocycles. The number of nitrogens with one attached hydrogen (secondary N) is 1. The van der Waals surface area contributed by atoms with Crippen LogP contribution in [0.1, 0.15) is 10.4 Å². The van der Waals surface area contributed by atoms with Crippen LogP contribution in [0.4, 0.5) is 10.1 Å². The molecular formula is C13H7BrCl2FNO. The Morgan fingerprint density at radius 2 is 1.79 bits per heavy atom.